The molecule has 20 heavy (non-hydrogen) atoms. The van der Waals surface area contributed by atoms with Crippen LogP contribution in [0, 0.1) is 0 Å². The van der Waals surface area contributed by atoms with Gasteiger partial charge in [0.2, 0.25) is 0 Å². The molecule has 3 heteroatoms. The predicted octanol–water partition coefficient (Wildman–Crippen LogP) is 5.62. The molecule has 0 radical (unpaired) electrons. The zero-order valence-electron chi connectivity index (χ0n) is 10.6. The third-order valence-electron chi connectivity index (χ3n) is 2.63. The summed E-state index contributed by atoms with van der Waals surface area (Å²) in [6.45, 7) is 0. The first-order chi connectivity index (χ1) is 9.65. The Hall–Kier alpha value is -1.45. The summed E-state index contributed by atoms with van der Waals surface area (Å²) in [4.78, 5) is 12.0. The van der Waals surface area contributed by atoms with Crippen molar-refractivity contribution in [3.8, 4) is 0 Å². The molecule has 0 spiro atoms. The molecule has 0 aliphatic carbocycles. The second-order valence-corrected chi connectivity index (χ2v) is 5.98. The molecule has 2 aromatic carbocycles. The maximum absolute atomic E-state index is 12.0. The molecule has 100 valence electrons. The Bertz CT molecular complexity index is 640. The highest BCUT2D eigenvalue weighted by Gasteiger charge is 2.00. The van der Waals surface area contributed by atoms with E-state index in [9.17, 15) is 4.79 Å². The lowest BCUT2D eigenvalue weighted by molar-refractivity contribution is 0.104. The van der Waals surface area contributed by atoms with Crippen LogP contribution in [0.5, 0.6) is 0 Å². The number of halogens is 2. The van der Waals surface area contributed by atoms with Crippen molar-refractivity contribution in [1.29, 1.82) is 0 Å². The van der Waals surface area contributed by atoms with Crippen LogP contribution in [0.3, 0.4) is 0 Å². The Morgan fingerprint density at radius 1 is 0.900 bits per heavy atom. The van der Waals surface area contributed by atoms with Gasteiger partial charge in [0.1, 0.15) is 0 Å². The van der Waals surface area contributed by atoms with E-state index in [2.05, 4.69) is 31.9 Å². The van der Waals surface area contributed by atoms with Crippen molar-refractivity contribution in [2.45, 2.75) is 0 Å². The van der Waals surface area contributed by atoms with Crippen molar-refractivity contribution in [2.24, 2.45) is 0 Å². The molecule has 0 saturated heterocycles. The molecule has 0 atom stereocenters. The average molecular weight is 392 g/mol. The number of hydrogen-bond donors (Lipinski definition) is 0. The highest BCUT2D eigenvalue weighted by molar-refractivity contribution is 9.12. The van der Waals surface area contributed by atoms with Gasteiger partial charge in [-0.2, -0.15) is 0 Å². The van der Waals surface area contributed by atoms with Gasteiger partial charge in [-0.25, -0.2) is 0 Å². The second kappa shape index (κ2) is 7.36. The maximum Gasteiger partial charge on any atom is 0.185 e. The van der Waals surface area contributed by atoms with E-state index in [1.165, 1.54) is 0 Å². The second-order valence-electron chi connectivity index (χ2n) is 4.14. The molecule has 0 bridgehead atoms. The smallest absolute Gasteiger partial charge is 0.185 e. The highest BCUT2D eigenvalue weighted by Crippen LogP contribution is 2.15. The Labute approximate surface area is 135 Å². The van der Waals surface area contributed by atoms with Crippen LogP contribution in [0.15, 0.2) is 75.7 Å². The molecule has 0 fully saturated rings. The van der Waals surface area contributed by atoms with E-state index in [4.69, 9.17) is 0 Å². The van der Waals surface area contributed by atoms with Crippen molar-refractivity contribution < 1.29 is 4.79 Å². The number of ketones is 1. The van der Waals surface area contributed by atoms with Crippen LogP contribution in [-0.4, -0.2) is 5.78 Å². The molecule has 2 rings (SSSR count). The van der Waals surface area contributed by atoms with Crippen LogP contribution in [0.25, 0.3) is 6.08 Å². The van der Waals surface area contributed by atoms with Crippen molar-refractivity contribution >= 4 is 43.7 Å². The summed E-state index contributed by atoms with van der Waals surface area (Å²) in [6.07, 6.45) is 5.29. The number of hydrogen-bond acceptors (Lipinski definition) is 1. The van der Waals surface area contributed by atoms with E-state index in [1.807, 2.05) is 48.5 Å². The highest BCUT2D eigenvalue weighted by atomic mass is 79.9. The quantitative estimate of drug-likeness (QED) is 0.375. The monoisotopic (exact) mass is 390 g/mol. The summed E-state index contributed by atoms with van der Waals surface area (Å²) in [5.41, 5.74) is 1.75. The summed E-state index contributed by atoms with van der Waals surface area (Å²) in [5, 5.41) is 0. The Morgan fingerprint density at radius 2 is 1.55 bits per heavy atom. The van der Waals surface area contributed by atoms with E-state index in [0.29, 0.717) is 5.56 Å². The molecular weight excluding hydrogens is 380 g/mol. The normalized spacial score (nSPS) is 11.8. The van der Waals surface area contributed by atoms with Crippen LogP contribution in [0.4, 0.5) is 0 Å². The Balaban J connectivity index is 2.07. The number of benzene rings is 2. The zero-order chi connectivity index (χ0) is 14.4. The third-order valence-corrected chi connectivity index (χ3v) is 3.65. The van der Waals surface area contributed by atoms with Crippen LogP contribution in [0.2, 0.25) is 0 Å². The first kappa shape index (κ1) is 14.9. The van der Waals surface area contributed by atoms with E-state index in [-0.39, 0.29) is 5.78 Å². The molecule has 0 aliphatic rings. The summed E-state index contributed by atoms with van der Waals surface area (Å²) < 4.78 is 1.82. The predicted molar refractivity (Wildman–Crippen MR) is 91.0 cm³/mol. The number of carbonyl (C=O) groups excluding carboxylic acids is 1. The minimum absolute atomic E-state index is 0.0177. The Kier molecular flexibility index (Phi) is 5.50. The van der Waals surface area contributed by atoms with Gasteiger partial charge in [0.15, 0.2) is 5.78 Å². The fraction of sp³-hybridized carbons (Fsp3) is 0. The third kappa shape index (κ3) is 4.58. The largest absolute Gasteiger partial charge is 0.289 e. The molecule has 2 aromatic rings. The first-order valence-electron chi connectivity index (χ1n) is 6.05. The van der Waals surface area contributed by atoms with Crippen molar-refractivity contribution in [3.63, 3.8) is 0 Å². The number of carbonyl (C=O) groups is 1. The standard InChI is InChI=1S/C17H12Br2O/c18-15-8-6-14(7-9-15)17(20)11-10-16(19)12-13-4-2-1-3-5-13/h1-12H/b11-10+,16-12-. The van der Waals surface area contributed by atoms with Gasteiger partial charge in [-0.1, -0.05) is 62.2 Å². The Morgan fingerprint density at radius 3 is 2.20 bits per heavy atom. The van der Waals surface area contributed by atoms with E-state index in [0.717, 1.165) is 14.5 Å². The van der Waals surface area contributed by atoms with Gasteiger partial charge >= 0.3 is 0 Å². The van der Waals surface area contributed by atoms with Crippen LogP contribution in [0.1, 0.15) is 15.9 Å². The van der Waals surface area contributed by atoms with Gasteiger partial charge < -0.3 is 0 Å². The van der Waals surface area contributed by atoms with Crippen LogP contribution >= 0.6 is 31.9 Å². The molecule has 0 saturated carbocycles. The lowest BCUT2D eigenvalue weighted by atomic mass is 10.1. The molecule has 0 unspecified atom stereocenters. The van der Waals surface area contributed by atoms with Gasteiger partial charge in [0.05, 0.1) is 0 Å². The number of rotatable bonds is 4. The minimum Gasteiger partial charge on any atom is -0.289 e. The zero-order valence-corrected chi connectivity index (χ0v) is 13.8. The average Bonchev–Trinajstić information content (AvgIpc) is 2.46. The molecule has 0 aliphatic heterocycles. The van der Waals surface area contributed by atoms with E-state index >= 15 is 0 Å². The summed E-state index contributed by atoms with van der Waals surface area (Å²) in [7, 11) is 0. The SMILES string of the molecule is O=C(/C=C/C(Br)=C/c1ccccc1)c1ccc(Br)cc1. The van der Waals surface area contributed by atoms with Gasteiger partial charge in [0.25, 0.3) is 0 Å². The van der Waals surface area contributed by atoms with Gasteiger partial charge in [0, 0.05) is 14.5 Å². The molecule has 0 amide bonds. The van der Waals surface area contributed by atoms with Crippen LogP contribution < -0.4 is 0 Å². The van der Waals surface area contributed by atoms with Gasteiger partial charge in [-0.05, 0) is 48.1 Å². The van der Waals surface area contributed by atoms with E-state index in [1.54, 1.807) is 24.3 Å². The van der Waals surface area contributed by atoms with Crippen LogP contribution in [-0.2, 0) is 0 Å². The maximum atomic E-state index is 12.0. The molecule has 0 heterocycles. The first-order valence-corrected chi connectivity index (χ1v) is 7.64. The fourth-order valence-electron chi connectivity index (χ4n) is 1.62. The van der Waals surface area contributed by atoms with Crippen molar-refractivity contribution in [1.82, 2.24) is 0 Å². The van der Waals surface area contributed by atoms with Gasteiger partial charge in [-0.15, -0.1) is 0 Å². The summed E-state index contributed by atoms with van der Waals surface area (Å²) in [5.74, 6) is -0.0177. The lowest BCUT2D eigenvalue weighted by Gasteiger charge is -1.96. The fourth-order valence-corrected chi connectivity index (χ4v) is 2.28. The molecular formula is C17H12Br2O. The minimum atomic E-state index is -0.0177. The van der Waals surface area contributed by atoms with Crippen molar-refractivity contribution in [3.05, 3.63) is 86.8 Å². The lowest BCUT2D eigenvalue weighted by Crippen LogP contribution is -1.93. The topological polar surface area (TPSA) is 17.1 Å². The summed E-state index contributed by atoms with van der Waals surface area (Å²) >= 11 is 6.79. The molecule has 1 nitrogen and oxygen atoms in total. The number of allylic oxidation sites excluding steroid dienone is 3. The van der Waals surface area contributed by atoms with Gasteiger partial charge in [-0.3, -0.25) is 4.79 Å². The molecule has 0 N–H and O–H groups in total. The van der Waals surface area contributed by atoms with Crippen molar-refractivity contribution in [2.75, 3.05) is 0 Å². The summed E-state index contributed by atoms with van der Waals surface area (Å²) in [6, 6.07) is 17.2. The van der Waals surface area contributed by atoms with E-state index < -0.39 is 0 Å². The molecule has 0 aromatic heterocycles.